The Bertz CT molecular complexity index is 1030. The van der Waals surface area contributed by atoms with Crippen LogP contribution >= 0.6 is 11.3 Å². The zero-order chi connectivity index (χ0) is 16.0. The number of nitrogens with zero attached hydrogens (tertiary/aromatic N) is 3. The van der Waals surface area contributed by atoms with Crippen LogP contribution < -0.4 is 4.74 Å². The summed E-state index contributed by atoms with van der Waals surface area (Å²) in [5.74, 6) is 0.780. The number of hydrogen-bond acceptors (Lipinski definition) is 5. The normalized spacial score (nSPS) is 11.2. The van der Waals surface area contributed by atoms with E-state index < -0.39 is 4.92 Å². The minimum absolute atomic E-state index is 0.0882. The standard InChI is InChI=1S/C16H11N3O3S/c1-22-12-6-7-13-14(8-12)18-9-15(23-16(18)17-13)10-2-4-11(5-3-10)19(20)21/h2-9H,1H3. The Labute approximate surface area is 134 Å². The molecule has 0 N–H and O–H groups in total. The van der Waals surface area contributed by atoms with Gasteiger partial charge in [-0.2, -0.15) is 0 Å². The second-order valence-corrected chi connectivity index (χ2v) is 6.03. The van der Waals surface area contributed by atoms with Crippen LogP contribution in [0.25, 0.3) is 26.4 Å². The largest absolute Gasteiger partial charge is 0.497 e. The Kier molecular flexibility index (Phi) is 3.02. The van der Waals surface area contributed by atoms with Gasteiger partial charge in [0, 0.05) is 24.4 Å². The monoisotopic (exact) mass is 325 g/mol. The summed E-state index contributed by atoms with van der Waals surface area (Å²) in [6, 6.07) is 12.3. The number of nitro groups is 1. The van der Waals surface area contributed by atoms with E-state index in [2.05, 4.69) is 4.98 Å². The number of non-ortho nitro benzene ring substituents is 1. The second kappa shape index (κ2) is 5.06. The van der Waals surface area contributed by atoms with Crippen molar-refractivity contribution in [1.29, 1.82) is 0 Å². The minimum Gasteiger partial charge on any atom is -0.497 e. The second-order valence-electron chi connectivity index (χ2n) is 5.02. The molecular formula is C16H11N3O3S. The molecule has 0 aliphatic carbocycles. The van der Waals surface area contributed by atoms with Crippen LogP contribution in [0.3, 0.4) is 0 Å². The molecule has 6 nitrogen and oxygen atoms in total. The maximum atomic E-state index is 10.7. The van der Waals surface area contributed by atoms with Crippen LogP contribution in [0.4, 0.5) is 5.69 Å². The lowest BCUT2D eigenvalue weighted by Crippen LogP contribution is -1.86. The lowest BCUT2D eigenvalue weighted by molar-refractivity contribution is -0.384. The molecule has 0 saturated carbocycles. The summed E-state index contributed by atoms with van der Waals surface area (Å²) in [4.78, 5) is 16.8. The zero-order valence-corrected chi connectivity index (χ0v) is 12.9. The third-order valence-corrected chi connectivity index (χ3v) is 4.71. The molecule has 2 aromatic carbocycles. The molecule has 0 aliphatic heterocycles. The number of rotatable bonds is 3. The molecule has 4 aromatic rings. The van der Waals surface area contributed by atoms with Crippen molar-refractivity contribution in [3.05, 3.63) is 58.8 Å². The van der Waals surface area contributed by atoms with Crippen LogP contribution in [-0.4, -0.2) is 21.4 Å². The van der Waals surface area contributed by atoms with Crippen LogP contribution in [-0.2, 0) is 0 Å². The van der Waals surface area contributed by atoms with Crippen molar-refractivity contribution in [2.24, 2.45) is 0 Å². The third-order valence-electron chi connectivity index (χ3n) is 3.67. The molecule has 114 valence electrons. The van der Waals surface area contributed by atoms with Crippen LogP contribution in [0.1, 0.15) is 0 Å². The van der Waals surface area contributed by atoms with Gasteiger partial charge in [-0.3, -0.25) is 14.5 Å². The molecule has 0 aliphatic rings. The first-order valence-electron chi connectivity index (χ1n) is 6.86. The van der Waals surface area contributed by atoms with Crippen LogP contribution in [0.2, 0.25) is 0 Å². The Morgan fingerprint density at radius 1 is 1.22 bits per heavy atom. The summed E-state index contributed by atoms with van der Waals surface area (Å²) in [5, 5.41) is 10.7. The third kappa shape index (κ3) is 2.22. The summed E-state index contributed by atoms with van der Waals surface area (Å²) in [6.07, 6.45) is 2.00. The number of methoxy groups -OCH3 is 1. The first-order chi connectivity index (χ1) is 11.2. The average molecular weight is 325 g/mol. The Morgan fingerprint density at radius 3 is 2.70 bits per heavy atom. The summed E-state index contributed by atoms with van der Waals surface area (Å²) in [6.45, 7) is 0. The molecule has 0 fully saturated rings. The Hall–Kier alpha value is -2.93. The van der Waals surface area contributed by atoms with Crippen molar-refractivity contribution in [2.75, 3.05) is 7.11 Å². The van der Waals surface area contributed by atoms with Gasteiger partial charge in [0.05, 0.1) is 27.9 Å². The number of imidazole rings is 1. The molecule has 2 aromatic heterocycles. The lowest BCUT2D eigenvalue weighted by Gasteiger charge is -1.99. The van der Waals surface area contributed by atoms with Gasteiger partial charge in [-0.15, -0.1) is 0 Å². The Morgan fingerprint density at radius 2 is 2.00 bits per heavy atom. The molecule has 7 heteroatoms. The number of ether oxygens (including phenoxy) is 1. The number of fused-ring (bicyclic) bond motifs is 3. The van der Waals surface area contributed by atoms with Crippen molar-refractivity contribution in [2.45, 2.75) is 0 Å². The van der Waals surface area contributed by atoms with Gasteiger partial charge in [-0.25, -0.2) is 4.98 Å². The fraction of sp³-hybridized carbons (Fsp3) is 0.0625. The molecule has 0 saturated heterocycles. The van der Waals surface area contributed by atoms with Crippen LogP contribution in [0.15, 0.2) is 48.7 Å². The van der Waals surface area contributed by atoms with Gasteiger partial charge in [0.15, 0.2) is 4.96 Å². The smallest absolute Gasteiger partial charge is 0.269 e. The maximum absolute atomic E-state index is 10.7. The van der Waals surface area contributed by atoms with E-state index in [9.17, 15) is 10.1 Å². The molecule has 0 unspecified atom stereocenters. The molecule has 0 amide bonds. The molecule has 0 bridgehead atoms. The predicted octanol–water partition coefficient (Wildman–Crippen LogP) is 4.13. The molecule has 2 heterocycles. The fourth-order valence-corrected chi connectivity index (χ4v) is 3.50. The van der Waals surface area contributed by atoms with Gasteiger partial charge in [0.1, 0.15) is 5.75 Å². The lowest BCUT2D eigenvalue weighted by atomic mass is 10.2. The quantitative estimate of drug-likeness (QED) is 0.419. The molecule has 0 radical (unpaired) electrons. The van der Waals surface area contributed by atoms with Crippen molar-refractivity contribution in [1.82, 2.24) is 9.38 Å². The van der Waals surface area contributed by atoms with Crippen molar-refractivity contribution in [3.8, 4) is 16.2 Å². The van der Waals surface area contributed by atoms with Gasteiger partial charge in [-0.05, 0) is 29.8 Å². The van der Waals surface area contributed by atoms with E-state index in [0.29, 0.717) is 0 Å². The fourth-order valence-electron chi connectivity index (χ4n) is 2.50. The molecule has 23 heavy (non-hydrogen) atoms. The van der Waals surface area contributed by atoms with Gasteiger partial charge in [0.25, 0.3) is 5.69 Å². The van der Waals surface area contributed by atoms with Crippen molar-refractivity contribution < 1.29 is 9.66 Å². The Balaban J connectivity index is 1.83. The summed E-state index contributed by atoms with van der Waals surface area (Å²) >= 11 is 1.55. The molecule has 4 rings (SSSR count). The first kappa shape index (κ1) is 13.7. The van der Waals surface area contributed by atoms with E-state index in [-0.39, 0.29) is 5.69 Å². The number of benzene rings is 2. The van der Waals surface area contributed by atoms with E-state index in [4.69, 9.17) is 4.74 Å². The van der Waals surface area contributed by atoms with Gasteiger partial charge >= 0.3 is 0 Å². The summed E-state index contributed by atoms with van der Waals surface area (Å²) in [7, 11) is 1.63. The van der Waals surface area contributed by atoms with E-state index in [1.165, 1.54) is 12.1 Å². The maximum Gasteiger partial charge on any atom is 0.269 e. The van der Waals surface area contributed by atoms with E-state index >= 15 is 0 Å². The average Bonchev–Trinajstić information content (AvgIpc) is 3.12. The SMILES string of the molecule is COc1ccc2nc3sc(-c4ccc([N+](=O)[O-])cc4)cn3c2c1. The number of aromatic nitrogens is 2. The summed E-state index contributed by atoms with van der Waals surface area (Å²) in [5.41, 5.74) is 2.91. The molecular weight excluding hydrogens is 314 g/mol. The van der Waals surface area contributed by atoms with E-state index in [1.54, 1.807) is 30.6 Å². The summed E-state index contributed by atoms with van der Waals surface area (Å²) < 4.78 is 7.28. The van der Waals surface area contributed by atoms with Crippen LogP contribution in [0, 0.1) is 10.1 Å². The predicted molar refractivity (Wildman–Crippen MR) is 89.2 cm³/mol. The molecule has 0 atom stereocenters. The highest BCUT2D eigenvalue weighted by Gasteiger charge is 2.12. The first-order valence-corrected chi connectivity index (χ1v) is 7.68. The highest BCUT2D eigenvalue weighted by atomic mass is 32.1. The van der Waals surface area contributed by atoms with Gasteiger partial charge < -0.3 is 4.74 Å². The van der Waals surface area contributed by atoms with Crippen LogP contribution in [0.5, 0.6) is 5.75 Å². The number of nitro benzene ring substituents is 1. The van der Waals surface area contributed by atoms with E-state index in [1.807, 2.05) is 28.8 Å². The highest BCUT2D eigenvalue weighted by molar-refractivity contribution is 7.20. The van der Waals surface area contributed by atoms with Gasteiger partial charge in [0.2, 0.25) is 0 Å². The minimum atomic E-state index is -0.398. The van der Waals surface area contributed by atoms with Gasteiger partial charge in [-0.1, -0.05) is 11.3 Å². The molecule has 0 spiro atoms. The number of hydrogen-bond donors (Lipinski definition) is 0. The topological polar surface area (TPSA) is 69.7 Å². The zero-order valence-electron chi connectivity index (χ0n) is 12.1. The number of thiazole rings is 1. The van der Waals surface area contributed by atoms with Crippen molar-refractivity contribution in [3.63, 3.8) is 0 Å². The van der Waals surface area contributed by atoms with Crippen molar-refractivity contribution >= 4 is 33.0 Å². The van der Waals surface area contributed by atoms with E-state index in [0.717, 1.165) is 32.2 Å². The highest BCUT2D eigenvalue weighted by Crippen LogP contribution is 2.32.